The van der Waals surface area contributed by atoms with Crippen molar-refractivity contribution in [3.8, 4) is 5.88 Å². The van der Waals surface area contributed by atoms with Crippen LogP contribution in [0, 0.1) is 6.92 Å². The van der Waals surface area contributed by atoms with Crippen LogP contribution in [0.15, 0.2) is 24.3 Å². The Morgan fingerprint density at radius 1 is 1.50 bits per heavy atom. The molecule has 16 heavy (non-hydrogen) atoms. The number of carbonyl (C=O) groups is 1. The van der Waals surface area contributed by atoms with Crippen LogP contribution in [0.2, 0.25) is 0 Å². The summed E-state index contributed by atoms with van der Waals surface area (Å²) >= 11 is 0. The Hall–Kier alpha value is -1.97. The van der Waals surface area contributed by atoms with E-state index in [2.05, 4.69) is 0 Å². The average molecular weight is 219 g/mol. The number of carboxylic acid groups (broad SMARTS) is 1. The lowest BCUT2D eigenvalue weighted by Gasteiger charge is -2.06. The first kappa shape index (κ1) is 10.5. The van der Waals surface area contributed by atoms with Gasteiger partial charge in [0, 0.05) is 11.5 Å². The Bertz CT molecular complexity index is 542. The van der Waals surface area contributed by atoms with Crippen LogP contribution in [0.4, 0.5) is 4.79 Å². The van der Waals surface area contributed by atoms with Gasteiger partial charge in [-0.2, -0.15) is 0 Å². The highest BCUT2D eigenvalue weighted by Gasteiger charge is 2.16. The highest BCUT2D eigenvalue weighted by Crippen LogP contribution is 2.27. The van der Waals surface area contributed by atoms with Crippen molar-refractivity contribution in [1.29, 1.82) is 0 Å². The summed E-state index contributed by atoms with van der Waals surface area (Å²) in [4.78, 5) is 11.2. The predicted molar refractivity (Wildman–Crippen MR) is 61.3 cm³/mol. The van der Waals surface area contributed by atoms with Gasteiger partial charge < -0.3 is 9.84 Å². The largest absolute Gasteiger partial charge is 0.479 e. The summed E-state index contributed by atoms with van der Waals surface area (Å²) in [5.74, 6) is 0.374. The second-order valence-electron chi connectivity index (χ2n) is 3.55. The van der Waals surface area contributed by atoms with Gasteiger partial charge >= 0.3 is 6.09 Å². The second kappa shape index (κ2) is 3.89. The van der Waals surface area contributed by atoms with Crippen molar-refractivity contribution in [1.82, 2.24) is 4.57 Å². The first-order chi connectivity index (χ1) is 7.65. The molecule has 0 bridgehead atoms. The second-order valence-corrected chi connectivity index (χ2v) is 3.55. The molecule has 0 saturated carbocycles. The molecule has 0 fully saturated rings. The molecule has 0 aliphatic carbocycles. The third-order valence-electron chi connectivity index (χ3n) is 2.48. The monoisotopic (exact) mass is 219 g/mol. The molecule has 84 valence electrons. The number of aryl methyl sites for hydroxylation is 1. The topological polar surface area (TPSA) is 51.5 Å². The van der Waals surface area contributed by atoms with Crippen LogP contribution in [0.1, 0.15) is 12.5 Å². The van der Waals surface area contributed by atoms with E-state index in [0.717, 1.165) is 10.9 Å². The van der Waals surface area contributed by atoms with Crippen molar-refractivity contribution in [2.45, 2.75) is 13.8 Å². The standard InChI is InChI=1S/C12H13NO3/c1-3-16-10-7-9-6-4-5-8(2)11(9)13(10)12(14)15/h4-7H,3H2,1-2H3,(H,14,15). The molecule has 0 saturated heterocycles. The molecule has 0 amide bonds. The molecule has 4 nitrogen and oxygen atoms in total. The summed E-state index contributed by atoms with van der Waals surface area (Å²) in [7, 11) is 0. The van der Waals surface area contributed by atoms with Crippen molar-refractivity contribution >= 4 is 17.0 Å². The lowest BCUT2D eigenvalue weighted by atomic mass is 10.2. The minimum atomic E-state index is -1.02. The highest BCUT2D eigenvalue weighted by atomic mass is 16.5. The molecule has 0 aliphatic heterocycles. The molecule has 1 N–H and O–H groups in total. The number of aromatic nitrogens is 1. The third kappa shape index (κ3) is 1.52. The lowest BCUT2D eigenvalue weighted by molar-refractivity contribution is 0.192. The number of nitrogens with zero attached hydrogens (tertiary/aromatic N) is 1. The number of hydrogen-bond donors (Lipinski definition) is 1. The summed E-state index contributed by atoms with van der Waals surface area (Å²) in [6.07, 6.45) is -1.02. The van der Waals surface area contributed by atoms with Crippen LogP contribution in [0.3, 0.4) is 0 Å². The first-order valence-electron chi connectivity index (χ1n) is 5.12. The number of fused-ring (bicyclic) bond motifs is 1. The maximum atomic E-state index is 11.2. The summed E-state index contributed by atoms with van der Waals surface area (Å²) in [6, 6.07) is 7.42. The number of para-hydroxylation sites is 1. The number of benzene rings is 1. The van der Waals surface area contributed by atoms with Crippen molar-refractivity contribution in [2.75, 3.05) is 6.61 Å². The van der Waals surface area contributed by atoms with E-state index in [9.17, 15) is 9.90 Å². The summed E-state index contributed by atoms with van der Waals surface area (Å²) in [6.45, 7) is 4.16. The first-order valence-corrected chi connectivity index (χ1v) is 5.12. The van der Waals surface area contributed by atoms with Gasteiger partial charge in [-0.25, -0.2) is 9.36 Å². The zero-order chi connectivity index (χ0) is 11.7. The zero-order valence-electron chi connectivity index (χ0n) is 9.23. The maximum Gasteiger partial charge on any atom is 0.418 e. The van der Waals surface area contributed by atoms with Crippen molar-refractivity contribution in [2.24, 2.45) is 0 Å². The Balaban J connectivity index is 2.77. The Kier molecular flexibility index (Phi) is 2.56. The van der Waals surface area contributed by atoms with Gasteiger partial charge in [0.2, 0.25) is 5.88 Å². The van der Waals surface area contributed by atoms with Crippen molar-refractivity contribution in [3.05, 3.63) is 29.8 Å². The summed E-state index contributed by atoms with van der Waals surface area (Å²) in [5.41, 5.74) is 1.62. The zero-order valence-corrected chi connectivity index (χ0v) is 9.23. The molecular formula is C12H13NO3. The van der Waals surface area contributed by atoms with Crippen LogP contribution in [0.25, 0.3) is 10.9 Å². The van der Waals surface area contributed by atoms with Gasteiger partial charge in [0.15, 0.2) is 0 Å². The molecule has 0 atom stereocenters. The van der Waals surface area contributed by atoms with Crippen LogP contribution in [0.5, 0.6) is 5.88 Å². The van der Waals surface area contributed by atoms with Gasteiger partial charge in [-0.3, -0.25) is 0 Å². The lowest BCUT2D eigenvalue weighted by Crippen LogP contribution is -2.10. The highest BCUT2D eigenvalue weighted by molar-refractivity contribution is 5.93. The molecule has 1 heterocycles. The molecule has 0 aliphatic rings. The van der Waals surface area contributed by atoms with Gasteiger partial charge in [-0.1, -0.05) is 18.2 Å². The van der Waals surface area contributed by atoms with E-state index in [1.807, 2.05) is 32.0 Å². The molecule has 0 unspecified atom stereocenters. The van der Waals surface area contributed by atoms with E-state index >= 15 is 0 Å². The summed E-state index contributed by atoms with van der Waals surface area (Å²) in [5, 5.41) is 10.1. The maximum absolute atomic E-state index is 11.2. The molecule has 4 heteroatoms. The Morgan fingerprint density at radius 2 is 2.25 bits per heavy atom. The fourth-order valence-electron chi connectivity index (χ4n) is 1.86. The minimum Gasteiger partial charge on any atom is -0.479 e. The average Bonchev–Trinajstić information content (AvgIpc) is 2.58. The molecule has 0 radical (unpaired) electrons. The fraction of sp³-hybridized carbons (Fsp3) is 0.250. The van der Waals surface area contributed by atoms with E-state index in [-0.39, 0.29) is 0 Å². The third-order valence-corrected chi connectivity index (χ3v) is 2.48. The molecule has 0 spiro atoms. The summed E-state index contributed by atoms with van der Waals surface area (Å²) < 4.78 is 6.51. The fourth-order valence-corrected chi connectivity index (χ4v) is 1.86. The van der Waals surface area contributed by atoms with Gasteiger partial charge in [-0.05, 0) is 19.4 Å². The number of rotatable bonds is 2. The van der Waals surface area contributed by atoms with Crippen LogP contribution < -0.4 is 4.74 Å². The number of hydrogen-bond acceptors (Lipinski definition) is 2. The van der Waals surface area contributed by atoms with E-state index < -0.39 is 6.09 Å². The van der Waals surface area contributed by atoms with Crippen molar-refractivity contribution in [3.63, 3.8) is 0 Å². The van der Waals surface area contributed by atoms with E-state index in [1.54, 1.807) is 6.07 Å². The minimum absolute atomic E-state index is 0.374. The smallest absolute Gasteiger partial charge is 0.418 e. The van der Waals surface area contributed by atoms with E-state index in [0.29, 0.717) is 18.0 Å². The van der Waals surface area contributed by atoms with Gasteiger partial charge in [0.25, 0.3) is 0 Å². The molecule has 2 aromatic rings. The Morgan fingerprint density at radius 3 is 2.88 bits per heavy atom. The van der Waals surface area contributed by atoms with E-state index in [1.165, 1.54) is 4.57 Å². The Labute approximate surface area is 93.1 Å². The number of ether oxygens (including phenoxy) is 1. The van der Waals surface area contributed by atoms with Gasteiger partial charge in [-0.15, -0.1) is 0 Å². The van der Waals surface area contributed by atoms with Crippen LogP contribution >= 0.6 is 0 Å². The van der Waals surface area contributed by atoms with Crippen LogP contribution in [-0.2, 0) is 0 Å². The SMILES string of the molecule is CCOc1cc2cccc(C)c2n1C(=O)O. The predicted octanol–water partition coefficient (Wildman–Crippen LogP) is 2.87. The molecule has 1 aromatic carbocycles. The van der Waals surface area contributed by atoms with Crippen molar-refractivity contribution < 1.29 is 14.6 Å². The quantitative estimate of drug-likeness (QED) is 0.844. The normalized spacial score (nSPS) is 10.6. The van der Waals surface area contributed by atoms with Gasteiger partial charge in [0.05, 0.1) is 12.1 Å². The van der Waals surface area contributed by atoms with Crippen LogP contribution in [-0.4, -0.2) is 22.4 Å². The van der Waals surface area contributed by atoms with E-state index in [4.69, 9.17) is 4.74 Å². The van der Waals surface area contributed by atoms with Gasteiger partial charge in [0.1, 0.15) is 0 Å². The molecule has 2 rings (SSSR count). The molecular weight excluding hydrogens is 206 g/mol. The molecule has 1 aromatic heterocycles.